The molecule has 0 aliphatic carbocycles. The van der Waals surface area contributed by atoms with E-state index in [1.165, 1.54) is 0 Å². The minimum atomic E-state index is -1.13. The van der Waals surface area contributed by atoms with E-state index in [9.17, 15) is 4.79 Å². The average Bonchev–Trinajstić information content (AvgIpc) is 2.73. The molecule has 30 heavy (non-hydrogen) atoms. The van der Waals surface area contributed by atoms with Crippen LogP contribution in [0.4, 0.5) is 5.69 Å². The Bertz CT molecular complexity index is 997. The molecule has 1 N–H and O–H groups in total. The molecule has 0 aromatic heterocycles. The van der Waals surface area contributed by atoms with E-state index in [1.807, 2.05) is 49.4 Å². The van der Waals surface area contributed by atoms with Gasteiger partial charge < -0.3 is 24.3 Å². The fraction of sp³-hybridized carbons (Fsp3) is 0.364. The number of thiocarbonyl (C=S) groups is 1. The second kappa shape index (κ2) is 7.68. The molecule has 0 amide bonds. The molecule has 0 unspecified atom stereocenters. The zero-order chi connectivity index (χ0) is 21.5. The van der Waals surface area contributed by atoms with Crippen LogP contribution < -0.4 is 24.4 Å². The van der Waals surface area contributed by atoms with Gasteiger partial charge in [0.2, 0.25) is 5.72 Å². The van der Waals surface area contributed by atoms with Crippen LogP contribution in [0, 0.1) is 5.92 Å². The summed E-state index contributed by atoms with van der Waals surface area (Å²) in [6, 6.07) is 12.6. The molecule has 7 nitrogen and oxygen atoms in total. The number of hydrogen-bond acceptors (Lipinski definition) is 6. The minimum Gasteiger partial charge on any atom is -0.497 e. The molecule has 1 saturated heterocycles. The first kappa shape index (κ1) is 20.3. The van der Waals surface area contributed by atoms with E-state index in [0.717, 1.165) is 5.56 Å². The van der Waals surface area contributed by atoms with Crippen molar-refractivity contribution in [2.75, 3.05) is 25.7 Å². The summed E-state index contributed by atoms with van der Waals surface area (Å²) in [5.74, 6) is 0.886. The summed E-state index contributed by atoms with van der Waals surface area (Å²) in [4.78, 5) is 14.9. The monoisotopic (exact) mass is 428 g/mol. The second-order valence-corrected chi connectivity index (χ2v) is 7.61. The van der Waals surface area contributed by atoms with Crippen molar-refractivity contribution in [1.82, 2.24) is 5.32 Å². The number of carbonyl (C=O) groups excluding carboxylic acids is 1. The van der Waals surface area contributed by atoms with Gasteiger partial charge in [0, 0.05) is 5.56 Å². The molecule has 4 rings (SSSR count). The first-order chi connectivity index (χ1) is 14.4. The predicted octanol–water partition coefficient (Wildman–Crippen LogP) is 3.43. The van der Waals surface area contributed by atoms with Crippen molar-refractivity contribution in [2.24, 2.45) is 5.92 Å². The maximum atomic E-state index is 13.1. The number of hydrogen-bond donors (Lipinski definition) is 1. The molecule has 0 saturated carbocycles. The predicted molar refractivity (Wildman–Crippen MR) is 116 cm³/mol. The van der Waals surface area contributed by atoms with E-state index in [-0.39, 0.29) is 12.6 Å². The number of fused-ring (bicyclic) bond motifs is 4. The topological polar surface area (TPSA) is 69.3 Å². The molecule has 2 heterocycles. The average molecular weight is 429 g/mol. The van der Waals surface area contributed by atoms with Crippen LogP contribution in [0.1, 0.15) is 25.5 Å². The third kappa shape index (κ3) is 3.02. The summed E-state index contributed by atoms with van der Waals surface area (Å²) in [5.41, 5.74) is 0.367. The third-order valence-electron chi connectivity index (χ3n) is 5.57. The number of esters is 1. The van der Waals surface area contributed by atoms with Gasteiger partial charge in [0.15, 0.2) is 5.11 Å². The van der Waals surface area contributed by atoms with E-state index < -0.39 is 17.7 Å². The van der Waals surface area contributed by atoms with Crippen LogP contribution >= 0.6 is 12.2 Å². The molecule has 2 aliphatic heterocycles. The van der Waals surface area contributed by atoms with Crippen molar-refractivity contribution < 1.29 is 23.7 Å². The first-order valence-electron chi connectivity index (χ1n) is 9.72. The quantitative estimate of drug-likeness (QED) is 0.574. The number of benzene rings is 2. The highest BCUT2D eigenvalue weighted by atomic mass is 32.1. The van der Waals surface area contributed by atoms with Gasteiger partial charge in [-0.3, -0.25) is 9.69 Å². The number of rotatable bonds is 5. The highest BCUT2D eigenvalue weighted by Crippen LogP contribution is 2.51. The molecule has 158 valence electrons. The molecule has 0 spiro atoms. The summed E-state index contributed by atoms with van der Waals surface area (Å²) >= 11 is 5.73. The van der Waals surface area contributed by atoms with Crippen molar-refractivity contribution in [3.8, 4) is 17.2 Å². The van der Waals surface area contributed by atoms with Crippen LogP contribution in [0.15, 0.2) is 42.5 Å². The molecule has 2 bridgehead atoms. The smallest absolute Gasteiger partial charge is 0.317 e. The van der Waals surface area contributed by atoms with E-state index in [0.29, 0.717) is 28.0 Å². The zero-order valence-corrected chi connectivity index (χ0v) is 18.1. The fourth-order valence-corrected chi connectivity index (χ4v) is 4.67. The van der Waals surface area contributed by atoms with E-state index in [4.69, 9.17) is 31.2 Å². The van der Waals surface area contributed by atoms with Crippen LogP contribution in [-0.4, -0.2) is 37.6 Å². The Morgan fingerprint density at radius 1 is 1.23 bits per heavy atom. The second-order valence-electron chi connectivity index (χ2n) is 7.22. The molecular weight excluding hydrogens is 404 g/mol. The van der Waals surface area contributed by atoms with Crippen molar-refractivity contribution in [2.45, 2.75) is 25.6 Å². The summed E-state index contributed by atoms with van der Waals surface area (Å²) in [6.07, 6.45) is 0. The van der Waals surface area contributed by atoms with Gasteiger partial charge >= 0.3 is 5.97 Å². The highest BCUT2D eigenvalue weighted by molar-refractivity contribution is 7.80. The summed E-state index contributed by atoms with van der Waals surface area (Å²) in [6.45, 7) is 3.91. The lowest BCUT2D eigenvalue weighted by Gasteiger charge is -2.55. The van der Waals surface area contributed by atoms with Gasteiger partial charge in [-0.1, -0.05) is 12.1 Å². The lowest BCUT2D eigenvalue weighted by Crippen LogP contribution is -2.71. The highest BCUT2D eigenvalue weighted by Gasteiger charge is 2.60. The molecule has 2 aromatic rings. The Morgan fingerprint density at radius 2 is 2.00 bits per heavy atom. The Balaban J connectivity index is 1.91. The largest absolute Gasteiger partial charge is 0.497 e. The number of para-hydroxylation sites is 2. The number of carbonyl (C=O) groups is 1. The van der Waals surface area contributed by atoms with Crippen LogP contribution in [0.5, 0.6) is 17.2 Å². The Morgan fingerprint density at radius 3 is 2.70 bits per heavy atom. The maximum absolute atomic E-state index is 13.1. The van der Waals surface area contributed by atoms with Gasteiger partial charge in [-0.05, 0) is 56.4 Å². The number of ether oxygens (including phenoxy) is 4. The maximum Gasteiger partial charge on any atom is 0.317 e. The molecule has 2 aromatic carbocycles. The normalized spacial score (nSPS) is 24.3. The number of nitrogens with zero attached hydrogens (tertiary/aromatic N) is 1. The number of nitrogens with one attached hydrogen (secondary N) is 1. The van der Waals surface area contributed by atoms with Gasteiger partial charge in [0.05, 0.1) is 32.6 Å². The van der Waals surface area contributed by atoms with E-state index in [1.54, 1.807) is 26.0 Å². The molecule has 1 fully saturated rings. The van der Waals surface area contributed by atoms with Crippen LogP contribution in [0.3, 0.4) is 0 Å². The van der Waals surface area contributed by atoms with E-state index in [2.05, 4.69) is 5.32 Å². The molecule has 8 heteroatoms. The standard InChI is InChI=1S/C22H24N2O5S/c1-5-28-20(25)18-19-14-12-13(26-3)10-11-16(14)29-22(18,2)24(21(30)23-19)15-8-6-7-9-17(15)27-4/h6-12,18-19H,5H2,1-4H3,(H,23,30)/t18-,19+,22+/m1/s1. The Hall–Kier alpha value is -3.00. The van der Waals surface area contributed by atoms with Gasteiger partial charge in [-0.25, -0.2) is 0 Å². The zero-order valence-electron chi connectivity index (χ0n) is 17.3. The molecule has 3 atom stereocenters. The lowest BCUT2D eigenvalue weighted by molar-refractivity contribution is -0.159. The summed E-state index contributed by atoms with van der Waals surface area (Å²) in [5, 5.41) is 3.77. The van der Waals surface area contributed by atoms with Gasteiger partial charge in [0.1, 0.15) is 23.2 Å². The molecule has 0 radical (unpaired) electrons. The van der Waals surface area contributed by atoms with Gasteiger partial charge in [0.25, 0.3) is 0 Å². The number of methoxy groups -OCH3 is 2. The Labute approximate surface area is 180 Å². The molecule has 2 aliphatic rings. The SMILES string of the molecule is CCOC(=O)[C@H]1[C@H]2NC(=S)N(c3ccccc3OC)[C@@]1(C)Oc1ccc(OC)cc12. The van der Waals surface area contributed by atoms with E-state index >= 15 is 0 Å². The van der Waals surface area contributed by atoms with Crippen molar-refractivity contribution in [3.05, 3.63) is 48.0 Å². The van der Waals surface area contributed by atoms with Gasteiger partial charge in [-0.15, -0.1) is 0 Å². The summed E-state index contributed by atoms with van der Waals surface area (Å²) < 4.78 is 22.9. The summed E-state index contributed by atoms with van der Waals surface area (Å²) in [7, 11) is 3.19. The lowest BCUT2D eigenvalue weighted by atomic mass is 9.79. The van der Waals surface area contributed by atoms with Gasteiger partial charge in [-0.2, -0.15) is 0 Å². The first-order valence-corrected chi connectivity index (χ1v) is 10.1. The van der Waals surface area contributed by atoms with Crippen molar-refractivity contribution in [3.63, 3.8) is 0 Å². The van der Waals surface area contributed by atoms with Crippen molar-refractivity contribution in [1.29, 1.82) is 0 Å². The van der Waals surface area contributed by atoms with Crippen LogP contribution in [0.25, 0.3) is 0 Å². The number of anilines is 1. The van der Waals surface area contributed by atoms with Crippen molar-refractivity contribution >= 4 is 29.0 Å². The molecular formula is C22H24N2O5S. The fourth-order valence-electron chi connectivity index (χ4n) is 4.26. The van der Waals surface area contributed by atoms with Crippen LogP contribution in [-0.2, 0) is 9.53 Å². The minimum absolute atomic E-state index is 0.266. The Kier molecular flexibility index (Phi) is 5.19. The van der Waals surface area contributed by atoms with Crippen LogP contribution in [0.2, 0.25) is 0 Å². The third-order valence-corrected chi connectivity index (χ3v) is 5.87.